The van der Waals surface area contributed by atoms with Gasteiger partial charge in [-0.3, -0.25) is 9.59 Å². The molecular formula is C29H25F2N5O3. The number of carbonyl (C=O) groups is 2. The van der Waals surface area contributed by atoms with Gasteiger partial charge >= 0.3 is 5.97 Å². The smallest absolute Gasteiger partial charge is 0.323 e. The van der Waals surface area contributed by atoms with Gasteiger partial charge in [-0.2, -0.15) is 0 Å². The van der Waals surface area contributed by atoms with Crippen LogP contribution in [0.1, 0.15) is 40.0 Å². The van der Waals surface area contributed by atoms with Crippen molar-refractivity contribution >= 4 is 28.7 Å². The molecule has 2 aliphatic rings. The van der Waals surface area contributed by atoms with Gasteiger partial charge in [-0.15, -0.1) is 0 Å². The molecule has 8 nitrogen and oxygen atoms in total. The van der Waals surface area contributed by atoms with Gasteiger partial charge in [0.1, 0.15) is 18.3 Å². The van der Waals surface area contributed by atoms with Crippen molar-refractivity contribution in [3.63, 3.8) is 0 Å². The Labute approximate surface area is 222 Å². The second-order valence-corrected chi connectivity index (χ2v) is 9.77. The fourth-order valence-electron chi connectivity index (χ4n) is 5.21. The normalized spacial score (nSPS) is 16.5. The molecule has 0 bridgehead atoms. The number of ether oxygens (including phenoxy) is 1. The number of anilines is 1. The Morgan fingerprint density at radius 3 is 2.49 bits per heavy atom. The van der Waals surface area contributed by atoms with Crippen molar-refractivity contribution in [3.8, 4) is 11.1 Å². The van der Waals surface area contributed by atoms with Gasteiger partial charge in [0.05, 0.1) is 5.52 Å². The van der Waals surface area contributed by atoms with E-state index in [1.54, 1.807) is 23.1 Å². The summed E-state index contributed by atoms with van der Waals surface area (Å²) in [4.78, 5) is 36.2. The SMILES string of the molecule is Nc1nc(C(=O)N2Cc3ccccc3C2)c2cc(-c3cc(F)c(F)cc3COC(=O)C3CCCN3)ccc2n1. The van der Waals surface area contributed by atoms with Gasteiger partial charge in [-0.1, -0.05) is 30.3 Å². The summed E-state index contributed by atoms with van der Waals surface area (Å²) in [5.41, 5.74) is 9.72. The summed E-state index contributed by atoms with van der Waals surface area (Å²) in [5, 5.41) is 3.48. The molecule has 39 heavy (non-hydrogen) atoms. The number of halogens is 2. The lowest BCUT2D eigenvalue weighted by molar-refractivity contribution is -0.147. The zero-order chi connectivity index (χ0) is 27.1. The molecule has 0 radical (unpaired) electrons. The first-order valence-electron chi connectivity index (χ1n) is 12.7. The lowest BCUT2D eigenvalue weighted by Crippen LogP contribution is -2.32. The van der Waals surface area contributed by atoms with E-state index in [-0.39, 0.29) is 24.2 Å². The Morgan fingerprint density at radius 2 is 1.77 bits per heavy atom. The largest absolute Gasteiger partial charge is 0.460 e. The first kappa shape index (κ1) is 24.9. The van der Waals surface area contributed by atoms with E-state index in [4.69, 9.17) is 10.5 Å². The molecule has 1 amide bonds. The predicted octanol–water partition coefficient (Wildman–Crippen LogP) is 4.11. The number of carbonyl (C=O) groups excluding carboxylic acids is 2. The first-order chi connectivity index (χ1) is 18.9. The Hall–Kier alpha value is -4.44. The number of nitrogens with two attached hydrogens (primary N) is 1. The van der Waals surface area contributed by atoms with Crippen molar-refractivity contribution in [2.24, 2.45) is 0 Å². The van der Waals surface area contributed by atoms with Crippen LogP contribution >= 0.6 is 0 Å². The second-order valence-electron chi connectivity index (χ2n) is 9.77. The van der Waals surface area contributed by atoms with Gasteiger partial charge < -0.3 is 20.7 Å². The fraction of sp³-hybridized carbons (Fsp3) is 0.241. The number of rotatable bonds is 5. The molecule has 4 aromatic rings. The van der Waals surface area contributed by atoms with Crippen molar-refractivity contribution in [1.29, 1.82) is 0 Å². The second kappa shape index (κ2) is 10.0. The number of aromatic nitrogens is 2. The van der Waals surface area contributed by atoms with Crippen LogP contribution in [0.4, 0.5) is 14.7 Å². The van der Waals surface area contributed by atoms with Crippen LogP contribution < -0.4 is 11.1 Å². The maximum absolute atomic E-state index is 14.4. The van der Waals surface area contributed by atoms with Crippen LogP contribution in [-0.2, 0) is 29.2 Å². The molecule has 10 heteroatoms. The summed E-state index contributed by atoms with van der Waals surface area (Å²) in [6.45, 7) is 1.37. The number of hydrogen-bond acceptors (Lipinski definition) is 7. The van der Waals surface area contributed by atoms with Gasteiger partial charge in [-0.05, 0) is 65.9 Å². The molecule has 0 aliphatic carbocycles. The summed E-state index contributed by atoms with van der Waals surface area (Å²) in [7, 11) is 0. The lowest BCUT2D eigenvalue weighted by Gasteiger charge is -2.17. The van der Waals surface area contributed by atoms with E-state index in [9.17, 15) is 18.4 Å². The highest BCUT2D eigenvalue weighted by atomic mass is 19.2. The van der Waals surface area contributed by atoms with Crippen LogP contribution in [0.5, 0.6) is 0 Å². The summed E-state index contributed by atoms with van der Waals surface area (Å²) in [6, 6.07) is 14.5. The maximum atomic E-state index is 14.4. The summed E-state index contributed by atoms with van der Waals surface area (Å²) in [5.74, 6) is -2.89. The minimum absolute atomic E-state index is 0.0451. The minimum Gasteiger partial charge on any atom is -0.460 e. The van der Waals surface area contributed by atoms with E-state index < -0.39 is 23.6 Å². The van der Waals surface area contributed by atoms with Crippen LogP contribution in [0.25, 0.3) is 22.0 Å². The molecule has 1 atom stereocenters. The van der Waals surface area contributed by atoms with Crippen LogP contribution in [0, 0.1) is 11.6 Å². The number of nitrogens with zero attached hydrogens (tertiary/aromatic N) is 3. The number of nitrogen functional groups attached to an aromatic ring is 1. The Kier molecular flexibility index (Phi) is 6.40. The molecule has 6 rings (SSSR count). The van der Waals surface area contributed by atoms with E-state index in [1.807, 2.05) is 24.3 Å². The molecule has 1 unspecified atom stereocenters. The van der Waals surface area contributed by atoms with Gasteiger partial charge in [0.25, 0.3) is 5.91 Å². The van der Waals surface area contributed by atoms with E-state index >= 15 is 0 Å². The van der Waals surface area contributed by atoms with E-state index in [1.165, 1.54) is 0 Å². The lowest BCUT2D eigenvalue weighted by atomic mass is 9.97. The highest BCUT2D eigenvalue weighted by molar-refractivity contribution is 6.06. The number of amides is 1. The molecule has 1 fully saturated rings. The number of benzene rings is 3. The molecule has 0 saturated carbocycles. The highest BCUT2D eigenvalue weighted by Gasteiger charge is 2.27. The molecular weight excluding hydrogens is 504 g/mol. The molecule has 1 saturated heterocycles. The third-order valence-corrected chi connectivity index (χ3v) is 7.22. The molecule has 0 spiro atoms. The number of fused-ring (bicyclic) bond motifs is 2. The highest BCUT2D eigenvalue weighted by Crippen LogP contribution is 2.32. The van der Waals surface area contributed by atoms with Gasteiger partial charge in [0.2, 0.25) is 5.95 Å². The van der Waals surface area contributed by atoms with Crippen LogP contribution in [0.2, 0.25) is 0 Å². The number of nitrogens with one attached hydrogen (secondary N) is 1. The van der Waals surface area contributed by atoms with Crippen LogP contribution in [0.3, 0.4) is 0 Å². The third-order valence-electron chi connectivity index (χ3n) is 7.22. The van der Waals surface area contributed by atoms with Gasteiger partial charge in [0.15, 0.2) is 11.6 Å². The van der Waals surface area contributed by atoms with Crippen LogP contribution in [0.15, 0.2) is 54.6 Å². The van der Waals surface area contributed by atoms with E-state index in [0.29, 0.717) is 47.1 Å². The summed E-state index contributed by atoms with van der Waals surface area (Å²) >= 11 is 0. The summed E-state index contributed by atoms with van der Waals surface area (Å²) < 4.78 is 34.1. The van der Waals surface area contributed by atoms with Crippen molar-refractivity contribution in [1.82, 2.24) is 20.2 Å². The summed E-state index contributed by atoms with van der Waals surface area (Å²) in [6.07, 6.45) is 1.53. The Balaban J connectivity index is 1.36. The number of hydrogen-bond donors (Lipinski definition) is 2. The molecule has 198 valence electrons. The molecule has 1 aromatic heterocycles. The zero-order valence-electron chi connectivity index (χ0n) is 20.9. The van der Waals surface area contributed by atoms with Crippen molar-refractivity contribution in [3.05, 3.63) is 88.6 Å². The quantitative estimate of drug-likeness (QED) is 0.375. The van der Waals surface area contributed by atoms with Gasteiger partial charge in [0, 0.05) is 24.0 Å². The van der Waals surface area contributed by atoms with Gasteiger partial charge in [-0.25, -0.2) is 18.7 Å². The molecule has 3 aromatic carbocycles. The topological polar surface area (TPSA) is 110 Å². The maximum Gasteiger partial charge on any atom is 0.323 e. The third kappa shape index (κ3) is 4.79. The molecule has 3 N–H and O–H groups in total. The zero-order valence-corrected chi connectivity index (χ0v) is 20.9. The fourth-order valence-corrected chi connectivity index (χ4v) is 5.21. The van der Waals surface area contributed by atoms with Crippen molar-refractivity contribution < 1.29 is 23.1 Å². The number of esters is 1. The van der Waals surface area contributed by atoms with Crippen LogP contribution in [-0.4, -0.2) is 39.3 Å². The Bertz CT molecular complexity index is 1600. The first-order valence-corrected chi connectivity index (χ1v) is 12.7. The predicted molar refractivity (Wildman–Crippen MR) is 140 cm³/mol. The monoisotopic (exact) mass is 529 g/mol. The Morgan fingerprint density at radius 1 is 1.03 bits per heavy atom. The van der Waals surface area contributed by atoms with E-state index in [2.05, 4.69) is 15.3 Å². The van der Waals surface area contributed by atoms with E-state index in [0.717, 1.165) is 36.2 Å². The van der Waals surface area contributed by atoms with Crippen molar-refractivity contribution in [2.45, 2.75) is 38.6 Å². The molecule has 2 aliphatic heterocycles. The molecule has 3 heterocycles. The average molecular weight is 530 g/mol. The van der Waals surface area contributed by atoms with Crippen molar-refractivity contribution in [2.75, 3.05) is 12.3 Å². The minimum atomic E-state index is -1.05. The average Bonchev–Trinajstić information content (AvgIpc) is 3.63. The standard InChI is InChI=1S/C29H25F2N5O3/c30-22-11-19(15-39-28(38)25-6-3-9-33-25)20(12-23(22)31)16-7-8-24-21(10-16)26(35-29(32)34-24)27(37)36-13-17-4-1-2-5-18(17)14-36/h1-2,4-5,7-8,10-12,25,33H,3,6,9,13-15H2,(H2,32,34,35).